The van der Waals surface area contributed by atoms with Crippen LogP contribution in [0.2, 0.25) is 0 Å². The highest BCUT2D eigenvalue weighted by molar-refractivity contribution is 8.24. The van der Waals surface area contributed by atoms with Gasteiger partial charge in [-0.1, -0.05) is 0 Å². The first-order valence-electron chi connectivity index (χ1n) is 9.13. The maximum Gasteiger partial charge on any atom is 0.278 e. The molecule has 0 spiro atoms. The largest absolute Gasteiger partial charge is 0.338 e. The number of fused-ring (bicyclic) bond motifs is 1. The van der Waals surface area contributed by atoms with E-state index in [2.05, 4.69) is 19.7 Å². The van der Waals surface area contributed by atoms with Gasteiger partial charge in [-0.05, 0) is 42.7 Å². The molecule has 0 unspecified atom stereocenters. The summed E-state index contributed by atoms with van der Waals surface area (Å²) in [6.07, 6.45) is 0.870. The van der Waals surface area contributed by atoms with E-state index in [4.69, 9.17) is 0 Å². The molecule has 0 saturated carbocycles. The average Bonchev–Trinajstić information content (AvgIpc) is 3.14. The van der Waals surface area contributed by atoms with Crippen LogP contribution in [0.3, 0.4) is 0 Å². The van der Waals surface area contributed by atoms with Crippen molar-refractivity contribution in [3.63, 3.8) is 0 Å². The lowest BCUT2D eigenvalue weighted by Crippen LogP contribution is -2.40. The van der Waals surface area contributed by atoms with Crippen LogP contribution in [0.5, 0.6) is 0 Å². The molecule has 0 aromatic carbocycles. The number of hydrogen-bond acceptors (Lipinski definition) is 6. The summed E-state index contributed by atoms with van der Waals surface area (Å²) in [4.78, 5) is 10.7. The SMILES string of the molecule is O=S(=O)(NC1CCS(O)(O)CC1)c1ccc(-c2ccnc3[nH]c(C(F)F)cc23)cn1. The van der Waals surface area contributed by atoms with Crippen LogP contribution in [0.4, 0.5) is 8.78 Å². The topological polar surface area (TPSA) is 128 Å². The predicted molar refractivity (Wildman–Crippen MR) is 110 cm³/mol. The van der Waals surface area contributed by atoms with Crippen molar-refractivity contribution in [3.05, 3.63) is 42.4 Å². The summed E-state index contributed by atoms with van der Waals surface area (Å²) in [5.41, 5.74) is 1.23. The fourth-order valence-electron chi connectivity index (χ4n) is 3.42. The van der Waals surface area contributed by atoms with Gasteiger partial charge in [-0.2, -0.15) is 10.6 Å². The first kappa shape index (κ1) is 21.1. The third-order valence-electron chi connectivity index (χ3n) is 5.02. The molecule has 8 nitrogen and oxygen atoms in total. The summed E-state index contributed by atoms with van der Waals surface area (Å²) in [6.45, 7) is 0. The first-order chi connectivity index (χ1) is 14.1. The molecule has 12 heteroatoms. The Morgan fingerprint density at radius 2 is 1.90 bits per heavy atom. The van der Waals surface area contributed by atoms with Crippen LogP contribution < -0.4 is 4.72 Å². The standard InChI is InChI=1S/C18H20F2N4O4S2/c19-17(20)15-9-14-13(3-6-21-18(14)23-15)11-1-2-16(22-10-11)30(27,28)24-12-4-7-29(25,26)8-5-12/h1-3,6,9-10,12,17,24-26H,4-5,7-8H2,(H,21,23). The lowest BCUT2D eigenvalue weighted by Gasteiger charge is -2.39. The van der Waals surface area contributed by atoms with E-state index in [1.807, 2.05) is 0 Å². The van der Waals surface area contributed by atoms with Gasteiger partial charge in [0.2, 0.25) is 0 Å². The predicted octanol–water partition coefficient (Wildman–Crippen LogP) is 3.75. The molecule has 0 amide bonds. The number of nitrogens with zero attached hydrogens (tertiary/aromatic N) is 2. The third kappa shape index (κ3) is 4.32. The van der Waals surface area contributed by atoms with Gasteiger partial charge in [0, 0.05) is 40.9 Å². The highest BCUT2D eigenvalue weighted by Gasteiger charge is 2.28. The van der Waals surface area contributed by atoms with Crippen LogP contribution in [0.1, 0.15) is 25.0 Å². The molecule has 1 fully saturated rings. The smallest absolute Gasteiger partial charge is 0.278 e. The van der Waals surface area contributed by atoms with E-state index in [9.17, 15) is 26.3 Å². The summed E-state index contributed by atoms with van der Waals surface area (Å²) in [5, 5.41) is 0.320. The van der Waals surface area contributed by atoms with Crippen molar-refractivity contribution in [2.75, 3.05) is 11.5 Å². The number of aromatic nitrogens is 3. The minimum atomic E-state index is -3.88. The molecule has 30 heavy (non-hydrogen) atoms. The van der Waals surface area contributed by atoms with Crippen molar-refractivity contribution in [2.24, 2.45) is 0 Å². The Morgan fingerprint density at radius 3 is 2.53 bits per heavy atom. The van der Waals surface area contributed by atoms with Gasteiger partial charge in [0.1, 0.15) is 5.65 Å². The number of hydrogen-bond donors (Lipinski definition) is 4. The van der Waals surface area contributed by atoms with E-state index in [1.54, 1.807) is 12.1 Å². The van der Waals surface area contributed by atoms with Gasteiger partial charge in [0.15, 0.2) is 5.03 Å². The molecule has 0 bridgehead atoms. The Bertz CT molecular complexity index is 1160. The second-order valence-corrected chi connectivity index (χ2v) is 11.2. The molecular formula is C18H20F2N4O4S2. The monoisotopic (exact) mass is 458 g/mol. The quantitative estimate of drug-likeness (QED) is 0.461. The summed E-state index contributed by atoms with van der Waals surface area (Å²) in [7, 11) is -6.48. The van der Waals surface area contributed by atoms with Crippen LogP contribution in [0.15, 0.2) is 41.7 Å². The molecule has 1 saturated heterocycles. The number of aromatic amines is 1. The highest BCUT2D eigenvalue weighted by Crippen LogP contribution is 2.44. The van der Waals surface area contributed by atoms with Crippen molar-refractivity contribution in [2.45, 2.75) is 30.3 Å². The number of nitrogens with one attached hydrogen (secondary N) is 2. The zero-order valence-corrected chi connectivity index (χ0v) is 17.3. The lowest BCUT2D eigenvalue weighted by atomic mass is 10.1. The maximum atomic E-state index is 13.0. The number of alkyl halides is 2. The first-order valence-corrected chi connectivity index (χ1v) is 12.5. The molecular weight excluding hydrogens is 438 g/mol. The van der Waals surface area contributed by atoms with Crippen LogP contribution >= 0.6 is 10.6 Å². The third-order valence-corrected chi connectivity index (χ3v) is 8.23. The van der Waals surface area contributed by atoms with Crippen molar-refractivity contribution >= 4 is 31.6 Å². The normalized spacial score (nSPS) is 18.7. The minimum Gasteiger partial charge on any atom is -0.338 e. The van der Waals surface area contributed by atoms with E-state index in [0.717, 1.165) is 0 Å². The molecule has 3 aromatic heterocycles. The molecule has 0 aliphatic carbocycles. The number of H-pyrrole nitrogens is 1. The van der Waals surface area contributed by atoms with E-state index in [0.29, 0.717) is 35.0 Å². The molecule has 4 N–H and O–H groups in total. The molecule has 1 aliphatic heterocycles. The van der Waals surface area contributed by atoms with Gasteiger partial charge in [0.25, 0.3) is 16.4 Å². The second-order valence-electron chi connectivity index (χ2n) is 7.14. The van der Waals surface area contributed by atoms with E-state index < -0.39 is 27.0 Å². The van der Waals surface area contributed by atoms with E-state index in [1.165, 1.54) is 24.5 Å². The Morgan fingerprint density at radius 1 is 1.17 bits per heavy atom. The Hall–Kier alpha value is -2.12. The van der Waals surface area contributed by atoms with E-state index in [-0.39, 0.29) is 28.3 Å². The van der Waals surface area contributed by atoms with Crippen LogP contribution in [-0.4, -0.2) is 50.0 Å². The Kier molecular flexibility index (Phi) is 5.53. The Labute approximate surface area is 173 Å². The number of pyridine rings is 2. The van der Waals surface area contributed by atoms with Gasteiger partial charge in [0.05, 0.1) is 5.69 Å². The van der Waals surface area contributed by atoms with Crippen molar-refractivity contribution in [3.8, 4) is 11.1 Å². The van der Waals surface area contributed by atoms with Gasteiger partial charge < -0.3 is 4.98 Å². The van der Waals surface area contributed by atoms with Gasteiger partial charge in [-0.25, -0.2) is 31.9 Å². The van der Waals surface area contributed by atoms with Crippen LogP contribution in [0.25, 0.3) is 22.2 Å². The number of halogens is 2. The van der Waals surface area contributed by atoms with Crippen LogP contribution in [0, 0.1) is 0 Å². The van der Waals surface area contributed by atoms with E-state index >= 15 is 0 Å². The molecule has 1 aliphatic rings. The van der Waals surface area contributed by atoms with Gasteiger partial charge in [-0.15, -0.1) is 0 Å². The zero-order valence-electron chi connectivity index (χ0n) is 15.6. The molecule has 0 radical (unpaired) electrons. The van der Waals surface area contributed by atoms with Crippen molar-refractivity contribution in [1.29, 1.82) is 0 Å². The van der Waals surface area contributed by atoms with Gasteiger partial charge in [-0.3, -0.25) is 9.11 Å². The molecule has 4 rings (SSSR count). The summed E-state index contributed by atoms with van der Waals surface area (Å²) in [5.74, 6) is 0.337. The lowest BCUT2D eigenvalue weighted by molar-refractivity contribution is 0.147. The summed E-state index contributed by atoms with van der Waals surface area (Å²) >= 11 is 0. The second kappa shape index (κ2) is 7.85. The van der Waals surface area contributed by atoms with Crippen molar-refractivity contribution < 1.29 is 26.3 Å². The van der Waals surface area contributed by atoms with Gasteiger partial charge >= 0.3 is 0 Å². The fraction of sp³-hybridized carbons (Fsp3) is 0.333. The Balaban J connectivity index is 1.56. The molecule has 0 atom stereocenters. The molecule has 3 aromatic rings. The summed E-state index contributed by atoms with van der Waals surface area (Å²) < 4.78 is 73.1. The molecule has 162 valence electrons. The van der Waals surface area contributed by atoms with Crippen LogP contribution in [-0.2, 0) is 10.0 Å². The molecule has 4 heterocycles. The number of sulfonamides is 1. The zero-order chi connectivity index (χ0) is 21.5. The fourth-order valence-corrected chi connectivity index (χ4v) is 6.18. The van der Waals surface area contributed by atoms with Crippen molar-refractivity contribution in [1.82, 2.24) is 19.7 Å². The number of rotatable bonds is 5. The average molecular weight is 459 g/mol. The summed E-state index contributed by atoms with van der Waals surface area (Å²) in [6, 6.07) is 5.49. The minimum absolute atomic E-state index is 0.169. The maximum absolute atomic E-state index is 13.0. The highest BCUT2D eigenvalue weighted by atomic mass is 32.3.